The van der Waals surface area contributed by atoms with Gasteiger partial charge in [0.1, 0.15) is 0 Å². The monoisotopic (exact) mass is 2560 g/mol. The number of carbonyl (C=O) groups excluding carboxylic acids is 1. The number of pyridine rings is 5. The molecule has 647 valence electrons. The topological polar surface area (TPSA) is 124 Å². The van der Waals surface area contributed by atoms with Crippen LogP contribution in [0.25, 0.3) is 170 Å². The molecule has 5 radical (unpaired) electrons. The third-order valence-corrected chi connectivity index (χ3v) is 23.2. The molecule has 0 aliphatic carbocycles. The fourth-order valence-electron chi connectivity index (χ4n) is 18.1. The summed E-state index contributed by atoms with van der Waals surface area (Å²) < 4.78 is 11.2. The molecule has 0 spiro atoms. The molecule has 0 amide bonds. The van der Waals surface area contributed by atoms with Gasteiger partial charge in [-0.25, -0.2) is 0 Å². The van der Waals surface area contributed by atoms with Crippen LogP contribution in [0, 0.1) is 91.1 Å². The normalized spacial score (nSPS) is 11.3. The van der Waals surface area contributed by atoms with Crippen molar-refractivity contribution < 1.29 is 110 Å². The van der Waals surface area contributed by atoms with Gasteiger partial charge in [0, 0.05) is 194 Å². The molecule has 17 heteroatoms. The summed E-state index contributed by atoms with van der Waals surface area (Å²) in [5, 5.41) is 26.0. The van der Waals surface area contributed by atoms with Gasteiger partial charge in [0.05, 0.1) is 51.1 Å². The second-order valence-electron chi connectivity index (χ2n) is 33.2. The van der Waals surface area contributed by atoms with Gasteiger partial charge in [-0.1, -0.05) is 187 Å². The van der Waals surface area contributed by atoms with Gasteiger partial charge in [0.15, 0.2) is 5.78 Å². The van der Waals surface area contributed by atoms with Crippen molar-refractivity contribution in [3.05, 3.63) is 384 Å². The van der Waals surface area contributed by atoms with E-state index in [1.54, 1.807) is 0 Å². The number of benzene rings is 13. The summed E-state index contributed by atoms with van der Waals surface area (Å²) in [4.78, 5) is 33.4. The number of hydrogen-bond acceptors (Lipinski definition) is 7. The first kappa shape index (κ1) is 94.0. The number of hydrogen-bond donors (Lipinski definition) is 1. The van der Waals surface area contributed by atoms with Crippen molar-refractivity contribution in [1.82, 2.24) is 46.9 Å². The second kappa shape index (κ2) is 39.5. The molecule has 23 rings (SSSR count). The number of carbonyl (C=O) groups is 1. The molecule has 0 unspecified atom stereocenters. The molecule has 10 heterocycles. The van der Waals surface area contributed by atoms with Gasteiger partial charge in [-0.3, -0.25) is 29.7 Å². The van der Waals surface area contributed by atoms with Gasteiger partial charge < -0.3 is 27.1 Å². The van der Waals surface area contributed by atoms with E-state index in [1.165, 1.54) is 163 Å². The van der Waals surface area contributed by atoms with Gasteiger partial charge in [-0.05, 0) is 177 Å². The fraction of sp³-hybridized carbons (Fsp3) is 0.135. The summed E-state index contributed by atoms with van der Waals surface area (Å²) in [7, 11) is 0. The van der Waals surface area contributed by atoms with Crippen LogP contribution in [0.3, 0.4) is 0 Å². The van der Waals surface area contributed by atoms with E-state index < -0.39 is 0 Å². The first-order valence-corrected chi connectivity index (χ1v) is 41.7. The average Bonchev–Trinajstić information content (AvgIpc) is 1.56. The minimum atomic E-state index is -0.125. The Labute approximate surface area is 812 Å². The molecule has 0 saturated heterocycles. The van der Waals surface area contributed by atoms with Crippen LogP contribution < -0.4 is 0 Å². The number of para-hydroxylation sites is 3. The smallest absolute Gasteiger partial charge is 0.155 e. The quantitative estimate of drug-likeness (QED) is 0.0788. The Hall–Kier alpha value is -11.6. The Morgan fingerprint density at radius 3 is 1.05 bits per heavy atom. The summed E-state index contributed by atoms with van der Waals surface area (Å²) in [6, 6.07) is 106. The molecule has 0 fully saturated rings. The number of imidazole rings is 5. The van der Waals surface area contributed by atoms with Crippen LogP contribution in [0.2, 0.25) is 0 Å². The Kier molecular flexibility index (Phi) is 29.0. The van der Waals surface area contributed by atoms with Gasteiger partial charge in [-0.15, -0.1) is 148 Å². The van der Waals surface area contributed by atoms with Crippen LogP contribution in [-0.2, 0) is 112 Å². The van der Waals surface area contributed by atoms with Gasteiger partial charge in [0.25, 0.3) is 0 Å². The molecule has 128 heavy (non-hydrogen) atoms. The standard InChI is InChI=1S/C28H27N2.C24H19N2.C23H17N2.C16H11N2.C15H9N2.C5H8O2.5Ir/c1-18-9-8-10-19(2)26(18)25-17-29-27-22-12-7-6-11-21(22)23-15-20(16-28(3,4)5)13-14-24(23)30(25)27;1-15-11-12-21-20(13-15)18-9-4-5-10-19(18)24-25-14-22(26(21)24)23-16(2)7-6-8-17(23)3;1-15-8-7-9-16(2)22(15)21-14-24-23-19-12-4-3-10-17(19)18-11-5-6-13-20(18)25(21)23;1-11-10-17-16-14-8-3-2-6-12(14)13-7-4-5-9-15(13)18(11)16;1-2-7-13-11(5-1)12-6-3-4-8-14(12)17-10-9-16-15(13)17;1-4(6)3-5(2)7;;;;;/h6-11,13-15,17H,16H2,1-5H3;4-9,11-14H,1-3H3;3-11,13-14H,1-2H3;2-7,9-10H,1H3;1-6,8-10H;3,6H,1-2H3;;;;;/q5*-1;;;;;;. The van der Waals surface area contributed by atoms with Crippen LogP contribution >= 0.6 is 0 Å². The maximum atomic E-state index is 10.0. The Morgan fingerprint density at radius 2 is 0.664 bits per heavy atom. The summed E-state index contributed by atoms with van der Waals surface area (Å²) in [5.74, 6) is -0.0625. The molecule has 0 bridgehead atoms. The number of fused-ring (bicyclic) bond motifs is 30. The van der Waals surface area contributed by atoms with Crippen LogP contribution in [0.15, 0.2) is 304 Å². The number of aryl methyl sites for hydroxylation is 8. The average molecular weight is 2560 g/mol. The van der Waals surface area contributed by atoms with Crippen molar-refractivity contribution in [2.75, 3.05) is 0 Å². The van der Waals surface area contributed by atoms with E-state index in [4.69, 9.17) is 20.1 Å². The molecular weight excluding hydrogens is 2470 g/mol. The van der Waals surface area contributed by atoms with Crippen molar-refractivity contribution >= 4 is 142 Å². The molecule has 0 atom stereocenters. The first-order valence-electron chi connectivity index (χ1n) is 41.7. The molecule has 10 aromatic heterocycles. The Balaban J connectivity index is 0.000000134. The van der Waals surface area contributed by atoms with E-state index in [9.17, 15) is 4.79 Å². The fourth-order valence-corrected chi connectivity index (χ4v) is 18.1. The summed E-state index contributed by atoms with van der Waals surface area (Å²) in [5.41, 5.74) is 29.7. The van der Waals surface area contributed by atoms with Crippen LogP contribution in [0.1, 0.15) is 84.8 Å². The van der Waals surface area contributed by atoms with E-state index in [0.717, 1.165) is 84.4 Å². The van der Waals surface area contributed by atoms with E-state index in [-0.39, 0.29) is 117 Å². The van der Waals surface area contributed by atoms with Gasteiger partial charge in [0.2, 0.25) is 0 Å². The minimum absolute atomic E-state index is 0. The number of ketones is 1. The zero-order valence-corrected chi connectivity index (χ0v) is 85.0. The van der Waals surface area contributed by atoms with Gasteiger partial charge >= 0.3 is 0 Å². The third-order valence-electron chi connectivity index (χ3n) is 23.2. The second-order valence-corrected chi connectivity index (χ2v) is 33.2. The molecule has 0 aliphatic heterocycles. The molecule has 23 aromatic rings. The van der Waals surface area contributed by atoms with E-state index >= 15 is 0 Å². The number of aliphatic hydroxyl groups excluding tert-OH is 1. The molecule has 0 saturated carbocycles. The van der Waals surface area contributed by atoms with Crippen LogP contribution in [0.5, 0.6) is 0 Å². The molecule has 1 N–H and O–H groups in total. The number of rotatable bonds is 5. The maximum Gasteiger partial charge on any atom is 0.155 e. The zero-order valence-electron chi connectivity index (χ0n) is 73.0. The van der Waals surface area contributed by atoms with E-state index in [2.05, 4.69) is 345 Å². The maximum absolute atomic E-state index is 10.0. The van der Waals surface area contributed by atoms with Crippen LogP contribution in [0.4, 0.5) is 0 Å². The van der Waals surface area contributed by atoms with Crippen molar-refractivity contribution in [3.8, 4) is 33.8 Å². The number of nitrogens with zero attached hydrogens (tertiary/aromatic N) is 10. The SMILES string of the molecule is CC(=O)C=C(C)O.Cc1ccc2c(c1)c1ccc[c-]c1c1ncc(-c3c(C)cccc3C)n21.Cc1cccc(C)c1-c1cnc2c3[c-]cccc3c3cc(CC(C)(C)C)ccc3n12.Cc1cccc(C)c1-c1cnc2c3[c-]cccc3c3ccccc3n12.Cc1cnc2c3[c-]cccc3c3ccccc3n12.[Ir].[Ir].[Ir].[Ir].[Ir].[c-]1cccc2c1c1nccn1c1ccccc21. The number of allylic oxidation sites excluding steroid dienone is 2. The predicted molar refractivity (Wildman–Crippen MR) is 510 cm³/mol. The summed E-state index contributed by atoms with van der Waals surface area (Å²) in [6.45, 7) is 27.0. The van der Waals surface area contributed by atoms with Crippen molar-refractivity contribution in [2.45, 2.75) is 96.4 Å². The molecular formula is C111H91Ir5N10O2-5. The van der Waals surface area contributed by atoms with E-state index in [0.29, 0.717) is 0 Å². The number of aromatic nitrogens is 10. The first-order chi connectivity index (χ1) is 59.7. The molecule has 12 nitrogen and oxygen atoms in total. The van der Waals surface area contributed by atoms with Crippen molar-refractivity contribution in [3.63, 3.8) is 0 Å². The molecule has 13 aromatic carbocycles. The number of aliphatic hydroxyl groups is 1. The Bertz CT molecular complexity index is 8040. The summed E-state index contributed by atoms with van der Waals surface area (Å²) in [6.07, 6.45) is 14.0. The third kappa shape index (κ3) is 17.8. The van der Waals surface area contributed by atoms with E-state index in [1.807, 2.05) is 85.7 Å². The van der Waals surface area contributed by atoms with Crippen LogP contribution in [-0.4, -0.2) is 57.8 Å². The van der Waals surface area contributed by atoms with Gasteiger partial charge in [-0.2, -0.15) is 0 Å². The minimum Gasteiger partial charge on any atom is -0.512 e. The van der Waals surface area contributed by atoms with Crippen molar-refractivity contribution in [2.24, 2.45) is 5.41 Å². The zero-order chi connectivity index (χ0) is 85.1. The molecule has 0 aliphatic rings. The summed E-state index contributed by atoms with van der Waals surface area (Å²) >= 11 is 0. The predicted octanol–water partition coefficient (Wildman–Crippen LogP) is 27.3. The van der Waals surface area contributed by atoms with Crippen molar-refractivity contribution in [1.29, 1.82) is 0 Å². The largest absolute Gasteiger partial charge is 0.512 e. The Morgan fingerprint density at radius 1 is 0.344 bits per heavy atom.